The van der Waals surface area contributed by atoms with Crippen LogP contribution in [0.2, 0.25) is 0 Å². The predicted octanol–water partition coefficient (Wildman–Crippen LogP) is 14.0. The first kappa shape index (κ1) is 31.1. The monoisotopic (exact) mass is 692 g/mol. The fourth-order valence-electron chi connectivity index (χ4n) is 7.50. The third-order valence-corrected chi connectivity index (χ3v) is 11.2. The SMILES string of the molecule is c1ccc(-c2cc(-c3cc(-c4ccccc4)nc(-c4ccc(-c5cccc6ccccc56)cc4)n3)cc(-c3cccc4sc5ccccc5c34)c2)cc1. The maximum Gasteiger partial charge on any atom is 0.160 e. The van der Waals surface area contributed by atoms with Crippen molar-refractivity contribution in [2.45, 2.75) is 0 Å². The average Bonchev–Trinajstić information content (AvgIpc) is 3.63. The lowest BCUT2D eigenvalue weighted by Crippen LogP contribution is -1.97. The smallest absolute Gasteiger partial charge is 0.160 e. The van der Waals surface area contributed by atoms with Crippen LogP contribution < -0.4 is 0 Å². The van der Waals surface area contributed by atoms with Crippen molar-refractivity contribution in [3.8, 4) is 67.3 Å². The highest BCUT2D eigenvalue weighted by Gasteiger charge is 2.16. The van der Waals surface area contributed by atoms with Crippen molar-refractivity contribution < 1.29 is 0 Å². The predicted molar refractivity (Wildman–Crippen MR) is 225 cm³/mol. The van der Waals surface area contributed by atoms with E-state index in [2.05, 4.69) is 188 Å². The van der Waals surface area contributed by atoms with Gasteiger partial charge in [0.05, 0.1) is 11.4 Å². The molecule has 0 aliphatic carbocycles. The molecular weight excluding hydrogens is 661 g/mol. The van der Waals surface area contributed by atoms with Crippen LogP contribution in [0.25, 0.3) is 98.2 Å². The molecule has 8 aromatic carbocycles. The third-order valence-electron chi connectivity index (χ3n) is 10.1. The first-order valence-electron chi connectivity index (χ1n) is 17.9. The largest absolute Gasteiger partial charge is 0.228 e. The molecular formula is C50H32N2S. The summed E-state index contributed by atoms with van der Waals surface area (Å²) < 4.78 is 2.59. The van der Waals surface area contributed by atoms with Gasteiger partial charge in [0.25, 0.3) is 0 Å². The van der Waals surface area contributed by atoms with E-state index in [9.17, 15) is 0 Å². The molecule has 2 aromatic heterocycles. The Hall–Kier alpha value is -6.68. The van der Waals surface area contributed by atoms with E-state index in [0.717, 1.165) is 39.2 Å². The number of hydrogen-bond donors (Lipinski definition) is 0. The summed E-state index contributed by atoms with van der Waals surface area (Å²) in [6, 6.07) is 69.2. The van der Waals surface area contributed by atoms with Crippen molar-refractivity contribution >= 4 is 42.3 Å². The summed E-state index contributed by atoms with van der Waals surface area (Å²) in [5.74, 6) is 0.698. The molecule has 10 rings (SSSR count). The van der Waals surface area contributed by atoms with Gasteiger partial charge in [-0.3, -0.25) is 0 Å². The summed E-state index contributed by atoms with van der Waals surface area (Å²) in [5.41, 5.74) is 11.9. The lowest BCUT2D eigenvalue weighted by molar-refractivity contribution is 1.18. The van der Waals surface area contributed by atoms with E-state index in [1.165, 1.54) is 53.2 Å². The number of nitrogens with zero attached hydrogens (tertiary/aromatic N) is 2. The van der Waals surface area contributed by atoms with Gasteiger partial charge < -0.3 is 0 Å². The van der Waals surface area contributed by atoms with Crippen LogP contribution in [0.3, 0.4) is 0 Å². The van der Waals surface area contributed by atoms with E-state index >= 15 is 0 Å². The first-order valence-corrected chi connectivity index (χ1v) is 18.7. The van der Waals surface area contributed by atoms with Crippen LogP contribution in [-0.4, -0.2) is 9.97 Å². The molecule has 0 spiro atoms. The van der Waals surface area contributed by atoms with Gasteiger partial charge in [-0.2, -0.15) is 0 Å². The van der Waals surface area contributed by atoms with Gasteiger partial charge in [-0.05, 0) is 80.6 Å². The number of benzene rings is 8. The molecule has 2 heterocycles. The minimum atomic E-state index is 0.698. The average molecular weight is 693 g/mol. The summed E-state index contributed by atoms with van der Waals surface area (Å²) in [4.78, 5) is 10.5. The van der Waals surface area contributed by atoms with E-state index < -0.39 is 0 Å². The standard InChI is InChI=1S/C50H32N2S/c1-3-13-33(14-4-1)38-29-39(43-22-12-24-48-49(43)44-20-9-10-23-47(44)53-48)31-40(30-38)46-32-45(36-16-5-2-6-17-36)51-50(52-46)37-27-25-35(26-28-37)42-21-11-18-34-15-7-8-19-41(34)42/h1-32H. The first-order chi connectivity index (χ1) is 26.2. The Bertz CT molecular complexity index is 2920. The van der Waals surface area contributed by atoms with Crippen LogP contribution in [-0.2, 0) is 0 Å². The molecule has 0 radical (unpaired) electrons. The molecule has 0 saturated carbocycles. The van der Waals surface area contributed by atoms with Crippen LogP contribution in [0.1, 0.15) is 0 Å². The van der Waals surface area contributed by atoms with Crippen molar-refractivity contribution in [2.75, 3.05) is 0 Å². The Morgan fingerprint density at radius 2 is 0.887 bits per heavy atom. The quantitative estimate of drug-likeness (QED) is 0.173. The molecule has 0 aliphatic heterocycles. The van der Waals surface area contributed by atoms with Crippen molar-refractivity contribution in [1.82, 2.24) is 9.97 Å². The number of hydrogen-bond acceptors (Lipinski definition) is 3. The summed E-state index contributed by atoms with van der Waals surface area (Å²) in [5, 5.41) is 5.06. The molecule has 0 N–H and O–H groups in total. The van der Waals surface area contributed by atoms with E-state index in [-0.39, 0.29) is 0 Å². The minimum absolute atomic E-state index is 0.698. The summed E-state index contributed by atoms with van der Waals surface area (Å²) in [7, 11) is 0. The summed E-state index contributed by atoms with van der Waals surface area (Å²) >= 11 is 1.85. The highest BCUT2D eigenvalue weighted by Crippen LogP contribution is 2.42. The van der Waals surface area contributed by atoms with Gasteiger partial charge in [-0.25, -0.2) is 9.97 Å². The van der Waals surface area contributed by atoms with Gasteiger partial charge in [0, 0.05) is 36.9 Å². The zero-order chi connectivity index (χ0) is 35.1. The number of aromatic nitrogens is 2. The molecule has 53 heavy (non-hydrogen) atoms. The highest BCUT2D eigenvalue weighted by molar-refractivity contribution is 7.25. The van der Waals surface area contributed by atoms with Crippen LogP contribution in [0, 0.1) is 0 Å². The zero-order valence-electron chi connectivity index (χ0n) is 28.8. The lowest BCUT2D eigenvalue weighted by Gasteiger charge is -2.14. The molecule has 2 nitrogen and oxygen atoms in total. The second-order valence-electron chi connectivity index (χ2n) is 13.4. The molecule has 10 aromatic rings. The minimum Gasteiger partial charge on any atom is -0.228 e. The fraction of sp³-hybridized carbons (Fsp3) is 0. The Balaban J connectivity index is 1.16. The van der Waals surface area contributed by atoms with Gasteiger partial charge in [0.15, 0.2) is 5.82 Å². The molecule has 0 atom stereocenters. The lowest BCUT2D eigenvalue weighted by atomic mass is 9.92. The summed E-state index contributed by atoms with van der Waals surface area (Å²) in [6.45, 7) is 0. The Morgan fingerprint density at radius 1 is 0.321 bits per heavy atom. The maximum atomic E-state index is 5.31. The Labute approximate surface area is 312 Å². The van der Waals surface area contributed by atoms with E-state index in [1.807, 2.05) is 17.4 Å². The van der Waals surface area contributed by atoms with Crippen molar-refractivity contribution in [3.05, 3.63) is 194 Å². The van der Waals surface area contributed by atoms with Crippen molar-refractivity contribution in [2.24, 2.45) is 0 Å². The number of rotatable bonds is 6. The molecule has 0 bridgehead atoms. The highest BCUT2D eigenvalue weighted by atomic mass is 32.1. The van der Waals surface area contributed by atoms with Crippen molar-refractivity contribution in [1.29, 1.82) is 0 Å². The second-order valence-corrected chi connectivity index (χ2v) is 14.5. The Morgan fingerprint density at radius 3 is 1.70 bits per heavy atom. The van der Waals surface area contributed by atoms with Gasteiger partial charge in [-0.1, -0.05) is 158 Å². The molecule has 0 aliphatic rings. The van der Waals surface area contributed by atoms with Crippen LogP contribution >= 0.6 is 11.3 Å². The van der Waals surface area contributed by atoms with Crippen LogP contribution in [0.4, 0.5) is 0 Å². The third kappa shape index (κ3) is 5.78. The molecule has 3 heteroatoms. The second kappa shape index (κ2) is 13.1. The van der Waals surface area contributed by atoms with Gasteiger partial charge in [0.2, 0.25) is 0 Å². The molecule has 0 saturated heterocycles. The topological polar surface area (TPSA) is 25.8 Å². The summed E-state index contributed by atoms with van der Waals surface area (Å²) in [6.07, 6.45) is 0. The van der Waals surface area contributed by atoms with Gasteiger partial charge in [-0.15, -0.1) is 11.3 Å². The molecule has 0 unspecified atom stereocenters. The number of thiophene rings is 1. The van der Waals surface area contributed by atoms with E-state index in [0.29, 0.717) is 5.82 Å². The Kier molecular flexibility index (Phi) is 7.71. The number of fused-ring (bicyclic) bond motifs is 4. The normalized spacial score (nSPS) is 11.4. The zero-order valence-corrected chi connectivity index (χ0v) is 29.6. The van der Waals surface area contributed by atoms with Gasteiger partial charge in [0.1, 0.15) is 0 Å². The maximum absolute atomic E-state index is 5.31. The van der Waals surface area contributed by atoms with Crippen LogP contribution in [0.15, 0.2) is 194 Å². The van der Waals surface area contributed by atoms with Crippen LogP contribution in [0.5, 0.6) is 0 Å². The molecule has 0 amide bonds. The fourth-order valence-corrected chi connectivity index (χ4v) is 8.63. The van der Waals surface area contributed by atoms with Gasteiger partial charge >= 0.3 is 0 Å². The molecule has 248 valence electrons. The molecule has 0 fully saturated rings. The van der Waals surface area contributed by atoms with Crippen molar-refractivity contribution in [3.63, 3.8) is 0 Å². The van der Waals surface area contributed by atoms with E-state index in [4.69, 9.17) is 9.97 Å². The van der Waals surface area contributed by atoms with E-state index in [1.54, 1.807) is 0 Å².